The molecule has 2 aromatic carbocycles. The molecule has 6 heteroatoms. The Labute approximate surface area is 172 Å². The average Bonchev–Trinajstić information content (AvgIpc) is 2.74. The molecule has 138 valence electrons. The van der Waals surface area contributed by atoms with Crippen LogP contribution in [0.1, 0.15) is 15.9 Å². The number of carbonyl (C=O) groups excluding carboxylic acids is 1. The number of amides is 1. The normalized spacial score (nSPS) is 10.8. The van der Waals surface area contributed by atoms with E-state index in [1.807, 2.05) is 42.5 Å². The van der Waals surface area contributed by atoms with Crippen molar-refractivity contribution >= 4 is 40.0 Å². The number of hydrogen-bond acceptors (Lipinski definition) is 3. The Morgan fingerprint density at radius 1 is 0.964 bits per heavy atom. The zero-order chi connectivity index (χ0) is 19.5. The summed E-state index contributed by atoms with van der Waals surface area (Å²) >= 11 is 12.2. The molecule has 0 atom stereocenters. The number of carbonyl (C=O) groups is 1. The molecule has 0 saturated heterocycles. The van der Waals surface area contributed by atoms with Crippen molar-refractivity contribution in [3.63, 3.8) is 0 Å². The number of hydrogen-bond donors (Lipinski definition) is 1. The van der Waals surface area contributed by atoms with Crippen LogP contribution in [-0.4, -0.2) is 15.9 Å². The highest BCUT2D eigenvalue weighted by Gasteiger charge is 2.14. The van der Waals surface area contributed by atoms with Gasteiger partial charge in [0.1, 0.15) is 0 Å². The molecular weight excluding hydrogens is 393 g/mol. The van der Waals surface area contributed by atoms with E-state index in [4.69, 9.17) is 23.2 Å². The van der Waals surface area contributed by atoms with Crippen LogP contribution in [0, 0.1) is 0 Å². The molecule has 1 amide bonds. The molecule has 0 unspecified atom stereocenters. The van der Waals surface area contributed by atoms with E-state index in [9.17, 15) is 4.79 Å². The number of nitrogens with one attached hydrogen (secondary N) is 1. The first-order chi connectivity index (χ1) is 13.6. The van der Waals surface area contributed by atoms with Crippen molar-refractivity contribution < 1.29 is 4.79 Å². The maximum absolute atomic E-state index is 12.9. The molecule has 0 aliphatic rings. The number of pyridine rings is 2. The lowest BCUT2D eigenvalue weighted by Gasteiger charge is -2.11. The quantitative estimate of drug-likeness (QED) is 0.483. The third-order valence-corrected chi connectivity index (χ3v) is 5.09. The molecule has 0 aliphatic heterocycles. The van der Waals surface area contributed by atoms with Crippen molar-refractivity contribution in [3.8, 4) is 11.3 Å². The Morgan fingerprint density at radius 2 is 1.82 bits per heavy atom. The van der Waals surface area contributed by atoms with Gasteiger partial charge in [-0.2, -0.15) is 0 Å². The molecule has 4 nitrogen and oxygen atoms in total. The largest absolute Gasteiger partial charge is 0.348 e. The third-order valence-electron chi connectivity index (χ3n) is 4.35. The van der Waals surface area contributed by atoms with E-state index in [0.29, 0.717) is 27.8 Å². The van der Waals surface area contributed by atoms with Crippen molar-refractivity contribution in [1.29, 1.82) is 0 Å². The van der Waals surface area contributed by atoms with Gasteiger partial charge < -0.3 is 5.32 Å². The van der Waals surface area contributed by atoms with Crippen LogP contribution in [-0.2, 0) is 6.54 Å². The van der Waals surface area contributed by atoms with Gasteiger partial charge in [0.15, 0.2) is 0 Å². The molecule has 0 fully saturated rings. The van der Waals surface area contributed by atoms with E-state index in [-0.39, 0.29) is 5.91 Å². The highest BCUT2D eigenvalue weighted by molar-refractivity contribution is 6.42. The summed E-state index contributed by atoms with van der Waals surface area (Å²) in [4.78, 5) is 21.7. The van der Waals surface area contributed by atoms with Crippen LogP contribution in [0.4, 0.5) is 0 Å². The lowest BCUT2D eigenvalue weighted by Crippen LogP contribution is -2.23. The molecule has 0 radical (unpaired) electrons. The SMILES string of the molecule is O=C(NCc1cccnc1)c1cc(-c2ccc(Cl)c(Cl)c2)nc2ccccc12. The molecule has 4 rings (SSSR count). The first-order valence-corrected chi connectivity index (χ1v) is 9.40. The fourth-order valence-corrected chi connectivity index (χ4v) is 3.24. The van der Waals surface area contributed by atoms with Crippen molar-refractivity contribution in [2.45, 2.75) is 6.54 Å². The number of rotatable bonds is 4. The first kappa shape index (κ1) is 18.4. The molecule has 1 N–H and O–H groups in total. The maximum Gasteiger partial charge on any atom is 0.252 e. The summed E-state index contributed by atoms with van der Waals surface area (Å²) in [5, 5.41) is 4.65. The minimum Gasteiger partial charge on any atom is -0.348 e. The van der Waals surface area contributed by atoms with E-state index < -0.39 is 0 Å². The Kier molecular flexibility index (Phi) is 5.24. The first-order valence-electron chi connectivity index (χ1n) is 8.64. The van der Waals surface area contributed by atoms with Crippen LogP contribution < -0.4 is 5.32 Å². The standard InChI is InChI=1S/C22H15Cl2N3O/c23-18-8-7-15(10-19(18)24)21-11-17(16-5-1-2-6-20(16)27-21)22(28)26-13-14-4-3-9-25-12-14/h1-12H,13H2,(H,26,28). The zero-order valence-electron chi connectivity index (χ0n) is 14.7. The van der Waals surface area contributed by atoms with Crippen LogP contribution in [0.15, 0.2) is 73.1 Å². The fraction of sp³-hybridized carbons (Fsp3) is 0.0455. The van der Waals surface area contributed by atoms with Gasteiger partial charge in [0.25, 0.3) is 5.91 Å². The van der Waals surface area contributed by atoms with Gasteiger partial charge in [-0.3, -0.25) is 9.78 Å². The number of aromatic nitrogens is 2. The molecule has 2 aromatic heterocycles. The molecule has 2 heterocycles. The van der Waals surface area contributed by atoms with Gasteiger partial charge in [-0.1, -0.05) is 53.5 Å². The smallest absolute Gasteiger partial charge is 0.252 e. The molecule has 0 saturated carbocycles. The van der Waals surface area contributed by atoms with E-state index in [1.165, 1.54) is 0 Å². The second-order valence-electron chi connectivity index (χ2n) is 6.25. The lowest BCUT2D eigenvalue weighted by atomic mass is 10.0. The average molecular weight is 408 g/mol. The second-order valence-corrected chi connectivity index (χ2v) is 7.06. The molecular formula is C22H15Cl2N3O. The maximum atomic E-state index is 12.9. The molecule has 0 bridgehead atoms. The van der Waals surface area contributed by atoms with Crippen molar-refractivity contribution in [2.75, 3.05) is 0 Å². The predicted octanol–water partition coefficient (Wildman–Crippen LogP) is 5.53. The van der Waals surface area contributed by atoms with Gasteiger partial charge in [-0.15, -0.1) is 0 Å². The lowest BCUT2D eigenvalue weighted by molar-refractivity contribution is 0.0952. The molecule has 28 heavy (non-hydrogen) atoms. The molecule has 4 aromatic rings. The highest BCUT2D eigenvalue weighted by Crippen LogP contribution is 2.30. The minimum absolute atomic E-state index is 0.177. The summed E-state index contributed by atoms with van der Waals surface area (Å²) in [7, 11) is 0. The summed E-state index contributed by atoms with van der Waals surface area (Å²) in [5.74, 6) is -0.177. The van der Waals surface area contributed by atoms with E-state index in [2.05, 4.69) is 15.3 Å². The monoisotopic (exact) mass is 407 g/mol. The zero-order valence-corrected chi connectivity index (χ0v) is 16.2. The Bertz CT molecular complexity index is 1160. The summed E-state index contributed by atoms with van der Waals surface area (Å²) < 4.78 is 0. The van der Waals surface area contributed by atoms with Crippen LogP contribution >= 0.6 is 23.2 Å². The minimum atomic E-state index is -0.177. The molecule has 0 spiro atoms. The van der Waals surface area contributed by atoms with Crippen LogP contribution in [0.3, 0.4) is 0 Å². The Hall–Kier alpha value is -2.95. The predicted molar refractivity (Wildman–Crippen MR) is 113 cm³/mol. The fourth-order valence-electron chi connectivity index (χ4n) is 2.95. The number of fused-ring (bicyclic) bond motifs is 1. The van der Waals surface area contributed by atoms with Gasteiger partial charge in [0, 0.05) is 29.9 Å². The topological polar surface area (TPSA) is 54.9 Å². The van der Waals surface area contributed by atoms with Crippen LogP contribution in [0.2, 0.25) is 10.0 Å². The van der Waals surface area contributed by atoms with Gasteiger partial charge in [0.05, 0.1) is 26.8 Å². The molecule has 0 aliphatic carbocycles. The highest BCUT2D eigenvalue weighted by atomic mass is 35.5. The summed E-state index contributed by atoms with van der Waals surface area (Å²) in [6, 6.07) is 18.4. The van der Waals surface area contributed by atoms with Gasteiger partial charge in [0.2, 0.25) is 0 Å². The number of halogens is 2. The number of benzene rings is 2. The number of nitrogens with zero attached hydrogens (tertiary/aromatic N) is 2. The Balaban J connectivity index is 1.73. The summed E-state index contributed by atoms with van der Waals surface area (Å²) in [5.41, 5.74) is 3.66. The summed E-state index contributed by atoms with van der Waals surface area (Å²) in [6.07, 6.45) is 3.43. The van der Waals surface area contributed by atoms with E-state index in [0.717, 1.165) is 22.0 Å². The number of para-hydroxylation sites is 1. The van der Waals surface area contributed by atoms with Crippen molar-refractivity contribution in [1.82, 2.24) is 15.3 Å². The van der Waals surface area contributed by atoms with Gasteiger partial charge in [-0.05, 0) is 35.9 Å². The van der Waals surface area contributed by atoms with Crippen molar-refractivity contribution in [3.05, 3.63) is 94.2 Å². The van der Waals surface area contributed by atoms with E-state index >= 15 is 0 Å². The van der Waals surface area contributed by atoms with Gasteiger partial charge >= 0.3 is 0 Å². The third kappa shape index (κ3) is 3.84. The van der Waals surface area contributed by atoms with Crippen LogP contribution in [0.25, 0.3) is 22.2 Å². The van der Waals surface area contributed by atoms with Crippen LogP contribution in [0.5, 0.6) is 0 Å². The van der Waals surface area contributed by atoms with Gasteiger partial charge in [-0.25, -0.2) is 4.98 Å². The second kappa shape index (κ2) is 7.97. The van der Waals surface area contributed by atoms with E-state index in [1.54, 1.807) is 30.6 Å². The Morgan fingerprint density at radius 3 is 2.61 bits per heavy atom. The van der Waals surface area contributed by atoms with Crippen molar-refractivity contribution in [2.24, 2.45) is 0 Å². The summed E-state index contributed by atoms with van der Waals surface area (Å²) in [6.45, 7) is 0.394.